The first-order chi connectivity index (χ1) is 6.77. The molecule has 0 saturated carbocycles. The lowest BCUT2D eigenvalue weighted by molar-refractivity contribution is -0.00445. The number of ether oxygens (including phenoxy) is 1. The lowest BCUT2D eigenvalue weighted by Crippen LogP contribution is -2.44. The minimum atomic E-state index is 0.378. The molecule has 14 heavy (non-hydrogen) atoms. The number of nitriles is 1. The van der Waals surface area contributed by atoms with Crippen molar-refractivity contribution in [1.29, 1.82) is 5.26 Å². The van der Waals surface area contributed by atoms with Gasteiger partial charge in [0.25, 0.3) is 0 Å². The standard InChI is InChI=1S/C11H20N2O/c1-3-14-11-5-4-8-13(9-11)10(2)6-7-12/h10-11H,3-6,8-9H2,1-2H3. The highest BCUT2D eigenvalue weighted by atomic mass is 16.5. The fourth-order valence-electron chi connectivity index (χ4n) is 2.00. The van der Waals surface area contributed by atoms with E-state index in [4.69, 9.17) is 10.00 Å². The first-order valence-electron chi connectivity index (χ1n) is 5.50. The average molecular weight is 196 g/mol. The van der Waals surface area contributed by atoms with E-state index in [0.29, 0.717) is 18.6 Å². The highest BCUT2D eigenvalue weighted by Crippen LogP contribution is 2.16. The molecule has 0 spiro atoms. The maximum atomic E-state index is 8.63. The van der Waals surface area contributed by atoms with Crippen molar-refractivity contribution in [2.45, 2.75) is 45.3 Å². The van der Waals surface area contributed by atoms with Crippen LogP contribution in [0.1, 0.15) is 33.1 Å². The van der Waals surface area contributed by atoms with Crippen LogP contribution in [0.25, 0.3) is 0 Å². The fourth-order valence-corrected chi connectivity index (χ4v) is 2.00. The summed E-state index contributed by atoms with van der Waals surface area (Å²) >= 11 is 0. The Kier molecular flexibility index (Phi) is 4.92. The van der Waals surface area contributed by atoms with Crippen LogP contribution < -0.4 is 0 Å². The topological polar surface area (TPSA) is 36.3 Å². The van der Waals surface area contributed by atoms with Crippen molar-refractivity contribution in [3.63, 3.8) is 0 Å². The van der Waals surface area contributed by atoms with Gasteiger partial charge in [0.2, 0.25) is 0 Å². The summed E-state index contributed by atoms with van der Waals surface area (Å²) in [6.07, 6.45) is 3.37. The van der Waals surface area contributed by atoms with Crippen LogP contribution in [-0.4, -0.2) is 36.7 Å². The predicted octanol–water partition coefficient (Wildman–Crippen LogP) is 1.79. The minimum Gasteiger partial charge on any atom is -0.377 e. The lowest BCUT2D eigenvalue weighted by atomic mass is 10.1. The highest BCUT2D eigenvalue weighted by Gasteiger charge is 2.23. The van der Waals surface area contributed by atoms with Crippen LogP contribution in [0.5, 0.6) is 0 Å². The Morgan fingerprint density at radius 1 is 1.64 bits per heavy atom. The van der Waals surface area contributed by atoms with E-state index in [1.54, 1.807) is 0 Å². The van der Waals surface area contributed by atoms with E-state index in [1.165, 1.54) is 12.8 Å². The van der Waals surface area contributed by atoms with E-state index >= 15 is 0 Å². The van der Waals surface area contributed by atoms with Crippen molar-refractivity contribution >= 4 is 0 Å². The highest BCUT2D eigenvalue weighted by molar-refractivity contribution is 4.83. The molecule has 0 aromatic heterocycles. The molecule has 1 saturated heterocycles. The average Bonchev–Trinajstić information content (AvgIpc) is 2.19. The Morgan fingerprint density at radius 2 is 2.43 bits per heavy atom. The molecule has 2 atom stereocenters. The molecule has 80 valence electrons. The van der Waals surface area contributed by atoms with Crippen LogP contribution in [0, 0.1) is 11.3 Å². The van der Waals surface area contributed by atoms with Gasteiger partial charge in [0, 0.05) is 19.2 Å². The number of likely N-dealkylation sites (tertiary alicyclic amines) is 1. The molecule has 0 aliphatic carbocycles. The zero-order chi connectivity index (χ0) is 10.4. The number of hydrogen-bond donors (Lipinski definition) is 0. The van der Waals surface area contributed by atoms with Crippen LogP contribution in [0.15, 0.2) is 0 Å². The van der Waals surface area contributed by atoms with E-state index < -0.39 is 0 Å². The van der Waals surface area contributed by atoms with Gasteiger partial charge >= 0.3 is 0 Å². The van der Waals surface area contributed by atoms with Crippen molar-refractivity contribution in [1.82, 2.24) is 4.90 Å². The maximum Gasteiger partial charge on any atom is 0.0702 e. The Balaban J connectivity index is 2.35. The van der Waals surface area contributed by atoms with Crippen molar-refractivity contribution in [3.8, 4) is 6.07 Å². The molecule has 1 aliphatic rings. The van der Waals surface area contributed by atoms with Gasteiger partial charge in [0.05, 0.1) is 18.6 Å². The van der Waals surface area contributed by atoms with Crippen LogP contribution in [0.3, 0.4) is 0 Å². The van der Waals surface area contributed by atoms with Gasteiger partial charge in [-0.05, 0) is 33.2 Å². The second-order valence-electron chi connectivity index (χ2n) is 3.93. The summed E-state index contributed by atoms with van der Waals surface area (Å²) in [5, 5.41) is 8.63. The van der Waals surface area contributed by atoms with E-state index in [1.807, 2.05) is 6.92 Å². The first-order valence-corrected chi connectivity index (χ1v) is 5.50. The van der Waals surface area contributed by atoms with Gasteiger partial charge in [-0.25, -0.2) is 0 Å². The monoisotopic (exact) mass is 196 g/mol. The summed E-state index contributed by atoms with van der Waals surface area (Å²) in [6, 6.07) is 2.61. The fraction of sp³-hybridized carbons (Fsp3) is 0.909. The molecule has 0 amide bonds. The normalized spacial score (nSPS) is 25.6. The van der Waals surface area contributed by atoms with Gasteiger partial charge in [0.1, 0.15) is 0 Å². The van der Waals surface area contributed by atoms with Crippen LogP contribution in [-0.2, 0) is 4.74 Å². The van der Waals surface area contributed by atoms with Crippen LogP contribution in [0.2, 0.25) is 0 Å². The summed E-state index contributed by atoms with van der Waals surface area (Å²) in [6.45, 7) is 7.07. The quantitative estimate of drug-likeness (QED) is 0.687. The molecule has 0 radical (unpaired) electrons. The smallest absolute Gasteiger partial charge is 0.0702 e. The van der Waals surface area contributed by atoms with Crippen molar-refractivity contribution in [2.24, 2.45) is 0 Å². The summed E-state index contributed by atoms with van der Waals surface area (Å²) in [5.74, 6) is 0. The van der Waals surface area contributed by atoms with Gasteiger partial charge in [-0.1, -0.05) is 0 Å². The molecule has 0 aromatic rings. The molecule has 0 aromatic carbocycles. The molecule has 0 bridgehead atoms. The van der Waals surface area contributed by atoms with E-state index in [-0.39, 0.29) is 0 Å². The first kappa shape index (κ1) is 11.5. The molecule has 0 N–H and O–H groups in total. The Hall–Kier alpha value is -0.590. The summed E-state index contributed by atoms with van der Waals surface area (Å²) < 4.78 is 5.62. The van der Waals surface area contributed by atoms with Crippen molar-refractivity contribution in [3.05, 3.63) is 0 Å². The van der Waals surface area contributed by atoms with Gasteiger partial charge in [-0.2, -0.15) is 5.26 Å². The van der Waals surface area contributed by atoms with E-state index in [9.17, 15) is 0 Å². The Bertz CT molecular complexity index is 198. The van der Waals surface area contributed by atoms with Gasteiger partial charge in [0.15, 0.2) is 0 Å². The third-order valence-corrected chi connectivity index (χ3v) is 2.82. The molecule has 1 rings (SSSR count). The Morgan fingerprint density at radius 3 is 3.07 bits per heavy atom. The maximum absolute atomic E-state index is 8.63. The van der Waals surface area contributed by atoms with Gasteiger partial charge in [-0.3, -0.25) is 4.90 Å². The van der Waals surface area contributed by atoms with Gasteiger partial charge in [-0.15, -0.1) is 0 Å². The summed E-state index contributed by atoms with van der Waals surface area (Å²) in [7, 11) is 0. The lowest BCUT2D eigenvalue weighted by Gasteiger charge is -2.35. The van der Waals surface area contributed by atoms with E-state index in [2.05, 4.69) is 17.9 Å². The summed E-state index contributed by atoms with van der Waals surface area (Å²) in [4.78, 5) is 2.37. The number of piperidine rings is 1. The zero-order valence-corrected chi connectivity index (χ0v) is 9.20. The molecule has 1 heterocycles. The third-order valence-electron chi connectivity index (χ3n) is 2.82. The molecule has 2 unspecified atom stereocenters. The van der Waals surface area contributed by atoms with Crippen LogP contribution in [0.4, 0.5) is 0 Å². The van der Waals surface area contributed by atoms with Crippen molar-refractivity contribution in [2.75, 3.05) is 19.7 Å². The number of rotatable bonds is 4. The molecule has 1 aliphatic heterocycles. The summed E-state index contributed by atoms with van der Waals surface area (Å²) in [5.41, 5.74) is 0. The SMILES string of the molecule is CCOC1CCCN(C(C)CC#N)C1. The molecule has 3 nitrogen and oxygen atoms in total. The number of hydrogen-bond acceptors (Lipinski definition) is 3. The van der Waals surface area contributed by atoms with E-state index in [0.717, 1.165) is 19.7 Å². The predicted molar refractivity (Wildman–Crippen MR) is 55.9 cm³/mol. The van der Waals surface area contributed by atoms with Crippen molar-refractivity contribution < 1.29 is 4.74 Å². The third kappa shape index (κ3) is 3.28. The second kappa shape index (κ2) is 6.00. The molecular weight excluding hydrogens is 176 g/mol. The molecule has 3 heteroatoms. The molecule has 1 fully saturated rings. The van der Waals surface area contributed by atoms with Gasteiger partial charge < -0.3 is 4.74 Å². The zero-order valence-electron chi connectivity index (χ0n) is 9.20. The second-order valence-corrected chi connectivity index (χ2v) is 3.93. The number of nitrogens with zero attached hydrogens (tertiary/aromatic N) is 2. The van der Waals surface area contributed by atoms with Crippen LogP contribution >= 0.6 is 0 Å². The Labute approximate surface area is 86.6 Å². The minimum absolute atomic E-state index is 0.378. The largest absolute Gasteiger partial charge is 0.377 e. The molecular formula is C11H20N2O.